The molecule has 1 aromatic rings. The SMILES string of the molecule is CCc1c(N)nc(CCCOC)[nH]c1=O. The number of H-pyrrole nitrogens is 1. The zero-order valence-electron chi connectivity index (χ0n) is 9.17. The van der Waals surface area contributed by atoms with Gasteiger partial charge in [0.25, 0.3) is 5.56 Å². The van der Waals surface area contributed by atoms with Crippen LogP contribution in [-0.2, 0) is 17.6 Å². The molecule has 0 unspecified atom stereocenters. The predicted octanol–water partition coefficient (Wildman–Crippen LogP) is 0.493. The summed E-state index contributed by atoms with van der Waals surface area (Å²) in [6, 6.07) is 0. The van der Waals surface area contributed by atoms with Crippen molar-refractivity contribution < 1.29 is 4.74 Å². The van der Waals surface area contributed by atoms with Crippen LogP contribution in [0.4, 0.5) is 5.82 Å². The van der Waals surface area contributed by atoms with Crippen LogP contribution in [0.5, 0.6) is 0 Å². The number of rotatable bonds is 5. The molecule has 0 amide bonds. The van der Waals surface area contributed by atoms with E-state index in [0.29, 0.717) is 36.7 Å². The second-order valence-electron chi connectivity index (χ2n) is 3.33. The molecular weight excluding hydrogens is 194 g/mol. The number of nitrogen functional groups attached to an aromatic ring is 1. The quantitative estimate of drug-likeness (QED) is 0.695. The summed E-state index contributed by atoms with van der Waals surface area (Å²) in [5, 5.41) is 0. The van der Waals surface area contributed by atoms with Crippen LogP contribution in [0.1, 0.15) is 24.7 Å². The standard InChI is InChI=1S/C10H17N3O2/c1-3-7-9(11)12-8(13-10(7)14)5-4-6-15-2/h3-6H2,1-2H3,(H3,11,12,13,14). The van der Waals surface area contributed by atoms with Gasteiger partial charge in [0.2, 0.25) is 0 Å². The van der Waals surface area contributed by atoms with Gasteiger partial charge in [0.15, 0.2) is 0 Å². The largest absolute Gasteiger partial charge is 0.385 e. The highest BCUT2D eigenvalue weighted by Gasteiger charge is 2.06. The van der Waals surface area contributed by atoms with Gasteiger partial charge in [0.1, 0.15) is 11.6 Å². The average molecular weight is 211 g/mol. The summed E-state index contributed by atoms with van der Waals surface area (Å²) < 4.78 is 4.92. The van der Waals surface area contributed by atoms with Gasteiger partial charge in [-0.1, -0.05) is 6.92 Å². The van der Waals surface area contributed by atoms with Crippen LogP contribution in [0.2, 0.25) is 0 Å². The molecule has 0 fully saturated rings. The third-order valence-electron chi connectivity index (χ3n) is 2.21. The third kappa shape index (κ3) is 3.06. The van der Waals surface area contributed by atoms with Crippen molar-refractivity contribution in [3.63, 3.8) is 0 Å². The lowest BCUT2D eigenvalue weighted by Gasteiger charge is -2.04. The predicted molar refractivity (Wildman–Crippen MR) is 58.8 cm³/mol. The number of anilines is 1. The first-order valence-corrected chi connectivity index (χ1v) is 5.05. The number of nitrogens with zero attached hydrogens (tertiary/aromatic N) is 1. The average Bonchev–Trinajstić information content (AvgIpc) is 2.18. The van der Waals surface area contributed by atoms with Crippen LogP contribution in [0, 0.1) is 0 Å². The normalized spacial score (nSPS) is 10.5. The van der Waals surface area contributed by atoms with Crippen molar-refractivity contribution in [2.24, 2.45) is 0 Å². The minimum absolute atomic E-state index is 0.127. The molecule has 0 saturated heterocycles. The number of nitrogens with two attached hydrogens (primary N) is 1. The number of aryl methyl sites for hydroxylation is 1. The Bertz CT molecular complexity index is 373. The van der Waals surface area contributed by atoms with Gasteiger partial charge in [-0.2, -0.15) is 0 Å². The summed E-state index contributed by atoms with van der Waals surface area (Å²) in [5.74, 6) is 0.973. The van der Waals surface area contributed by atoms with E-state index in [2.05, 4.69) is 9.97 Å². The summed E-state index contributed by atoms with van der Waals surface area (Å²) in [4.78, 5) is 18.4. The topological polar surface area (TPSA) is 81.0 Å². The maximum absolute atomic E-state index is 11.5. The molecule has 1 aromatic heterocycles. The molecule has 1 heterocycles. The van der Waals surface area contributed by atoms with E-state index in [0.717, 1.165) is 6.42 Å². The molecule has 0 aliphatic rings. The molecule has 5 heteroatoms. The molecular formula is C10H17N3O2. The lowest BCUT2D eigenvalue weighted by Crippen LogP contribution is -2.19. The molecule has 0 spiro atoms. The smallest absolute Gasteiger partial charge is 0.256 e. The molecule has 0 radical (unpaired) electrons. The Morgan fingerprint density at radius 2 is 2.27 bits per heavy atom. The Kier molecular flexibility index (Phi) is 4.30. The van der Waals surface area contributed by atoms with Gasteiger partial charge >= 0.3 is 0 Å². The van der Waals surface area contributed by atoms with E-state index in [9.17, 15) is 4.79 Å². The van der Waals surface area contributed by atoms with Crippen LogP contribution >= 0.6 is 0 Å². The maximum Gasteiger partial charge on any atom is 0.256 e. The summed E-state index contributed by atoms with van der Waals surface area (Å²) in [5.41, 5.74) is 6.11. The van der Waals surface area contributed by atoms with E-state index in [1.165, 1.54) is 0 Å². The highest BCUT2D eigenvalue weighted by molar-refractivity contribution is 5.37. The van der Waals surface area contributed by atoms with Gasteiger partial charge in [-0.25, -0.2) is 4.98 Å². The van der Waals surface area contributed by atoms with Gasteiger partial charge in [-0.15, -0.1) is 0 Å². The number of hydrogen-bond donors (Lipinski definition) is 2. The lowest BCUT2D eigenvalue weighted by atomic mass is 10.2. The second-order valence-corrected chi connectivity index (χ2v) is 3.33. The summed E-state index contributed by atoms with van der Waals surface area (Å²) in [7, 11) is 1.64. The summed E-state index contributed by atoms with van der Waals surface area (Å²) >= 11 is 0. The molecule has 15 heavy (non-hydrogen) atoms. The van der Waals surface area contributed by atoms with Crippen LogP contribution in [0.25, 0.3) is 0 Å². The van der Waals surface area contributed by atoms with Gasteiger partial charge in [0.05, 0.1) is 5.56 Å². The van der Waals surface area contributed by atoms with E-state index in [4.69, 9.17) is 10.5 Å². The fourth-order valence-electron chi connectivity index (χ4n) is 1.41. The van der Waals surface area contributed by atoms with Gasteiger partial charge in [-0.05, 0) is 12.8 Å². The highest BCUT2D eigenvalue weighted by atomic mass is 16.5. The van der Waals surface area contributed by atoms with Crippen molar-refractivity contribution in [2.75, 3.05) is 19.5 Å². The first-order valence-electron chi connectivity index (χ1n) is 5.05. The zero-order valence-corrected chi connectivity index (χ0v) is 9.17. The highest BCUT2D eigenvalue weighted by Crippen LogP contribution is 2.04. The molecule has 0 aromatic carbocycles. The fourth-order valence-corrected chi connectivity index (χ4v) is 1.41. The molecule has 0 atom stereocenters. The van der Waals surface area contributed by atoms with Crippen molar-refractivity contribution in [3.05, 3.63) is 21.7 Å². The van der Waals surface area contributed by atoms with Crippen molar-refractivity contribution in [1.29, 1.82) is 0 Å². The zero-order chi connectivity index (χ0) is 11.3. The van der Waals surface area contributed by atoms with E-state index < -0.39 is 0 Å². The van der Waals surface area contributed by atoms with Crippen molar-refractivity contribution in [3.8, 4) is 0 Å². The summed E-state index contributed by atoms with van der Waals surface area (Å²) in [6.45, 7) is 2.53. The molecule has 0 aliphatic heterocycles. The number of hydrogen-bond acceptors (Lipinski definition) is 4. The molecule has 5 nitrogen and oxygen atoms in total. The van der Waals surface area contributed by atoms with E-state index in [1.807, 2.05) is 6.92 Å². The van der Waals surface area contributed by atoms with Gasteiger partial charge < -0.3 is 15.5 Å². The van der Waals surface area contributed by atoms with Gasteiger partial charge in [-0.3, -0.25) is 4.79 Å². The van der Waals surface area contributed by atoms with Crippen LogP contribution in [-0.4, -0.2) is 23.7 Å². The fraction of sp³-hybridized carbons (Fsp3) is 0.600. The first kappa shape index (κ1) is 11.7. The van der Waals surface area contributed by atoms with Crippen LogP contribution in [0.3, 0.4) is 0 Å². The van der Waals surface area contributed by atoms with Crippen molar-refractivity contribution in [1.82, 2.24) is 9.97 Å². The van der Waals surface area contributed by atoms with E-state index in [-0.39, 0.29) is 5.56 Å². The Labute approximate surface area is 88.7 Å². The number of methoxy groups -OCH3 is 1. The van der Waals surface area contributed by atoms with Crippen LogP contribution < -0.4 is 11.3 Å². The number of aromatic amines is 1. The number of ether oxygens (including phenoxy) is 1. The molecule has 3 N–H and O–H groups in total. The maximum atomic E-state index is 11.5. The Morgan fingerprint density at radius 1 is 1.53 bits per heavy atom. The summed E-state index contributed by atoms with van der Waals surface area (Å²) in [6.07, 6.45) is 2.11. The first-order chi connectivity index (χ1) is 7.19. The lowest BCUT2D eigenvalue weighted by molar-refractivity contribution is 0.194. The molecule has 0 bridgehead atoms. The molecule has 1 rings (SSSR count). The minimum atomic E-state index is -0.127. The second kappa shape index (κ2) is 5.50. The van der Waals surface area contributed by atoms with Crippen molar-refractivity contribution >= 4 is 5.82 Å². The Morgan fingerprint density at radius 3 is 2.80 bits per heavy atom. The van der Waals surface area contributed by atoms with Gasteiger partial charge in [0, 0.05) is 20.1 Å². The monoisotopic (exact) mass is 211 g/mol. The third-order valence-corrected chi connectivity index (χ3v) is 2.21. The Balaban J connectivity index is 2.80. The molecule has 84 valence electrons. The molecule has 0 saturated carbocycles. The van der Waals surface area contributed by atoms with E-state index >= 15 is 0 Å². The minimum Gasteiger partial charge on any atom is -0.385 e. The van der Waals surface area contributed by atoms with E-state index in [1.54, 1.807) is 7.11 Å². The number of nitrogens with one attached hydrogen (secondary N) is 1. The number of aromatic nitrogens is 2. The Hall–Kier alpha value is -1.36. The van der Waals surface area contributed by atoms with Crippen LogP contribution in [0.15, 0.2) is 4.79 Å². The molecule has 0 aliphatic carbocycles. The van der Waals surface area contributed by atoms with Crippen molar-refractivity contribution in [2.45, 2.75) is 26.2 Å².